The van der Waals surface area contributed by atoms with Gasteiger partial charge in [-0.05, 0) is 36.4 Å². The molecule has 0 bridgehead atoms. The Bertz CT molecular complexity index is 775. The van der Waals surface area contributed by atoms with Crippen LogP contribution in [0.25, 0.3) is 0 Å². The zero-order chi connectivity index (χ0) is 18.9. The van der Waals surface area contributed by atoms with Crippen molar-refractivity contribution in [2.24, 2.45) is 5.10 Å². The second-order valence-electron chi connectivity index (χ2n) is 5.10. The molecule has 0 atom stereocenters. The fourth-order valence-electron chi connectivity index (χ4n) is 2.08. The van der Waals surface area contributed by atoms with Crippen LogP contribution in [0.5, 0.6) is 23.0 Å². The van der Waals surface area contributed by atoms with Crippen molar-refractivity contribution in [3.8, 4) is 23.0 Å². The molecule has 0 radical (unpaired) electrons. The van der Waals surface area contributed by atoms with Gasteiger partial charge in [-0.3, -0.25) is 4.79 Å². The maximum atomic E-state index is 12.1. The molecule has 0 aliphatic carbocycles. The third-order valence-electron chi connectivity index (χ3n) is 3.37. The van der Waals surface area contributed by atoms with Crippen molar-refractivity contribution in [1.29, 1.82) is 0 Å². The predicted molar refractivity (Wildman–Crippen MR) is 98.4 cm³/mol. The molecule has 0 saturated heterocycles. The monoisotopic (exact) mass is 356 g/mol. The van der Waals surface area contributed by atoms with E-state index >= 15 is 0 Å². The van der Waals surface area contributed by atoms with Gasteiger partial charge in [-0.1, -0.05) is 12.7 Å². The predicted octanol–water partition coefficient (Wildman–Crippen LogP) is 2.74. The van der Waals surface area contributed by atoms with E-state index in [0.717, 1.165) is 0 Å². The van der Waals surface area contributed by atoms with E-state index < -0.39 is 0 Å². The number of phenolic OH excluding ortho intramolecular Hbond substituents is 1. The van der Waals surface area contributed by atoms with Crippen LogP contribution >= 0.6 is 0 Å². The maximum absolute atomic E-state index is 12.1. The quantitative estimate of drug-likeness (QED) is 0.431. The number of hydrogen-bond acceptors (Lipinski definition) is 6. The zero-order valence-electron chi connectivity index (χ0n) is 14.6. The van der Waals surface area contributed by atoms with Gasteiger partial charge in [0.2, 0.25) is 5.75 Å². The lowest BCUT2D eigenvalue weighted by atomic mass is 10.2. The number of rotatable bonds is 8. The number of amides is 1. The highest BCUT2D eigenvalue weighted by atomic mass is 16.5. The Morgan fingerprint density at radius 3 is 2.35 bits per heavy atom. The van der Waals surface area contributed by atoms with Gasteiger partial charge in [0.05, 0.1) is 20.4 Å². The number of hydrogen-bond donors (Lipinski definition) is 2. The lowest BCUT2D eigenvalue weighted by Crippen LogP contribution is -2.17. The smallest absolute Gasteiger partial charge is 0.271 e. The molecule has 0 spiro atoms. The molecular formula is C19H20N2O5. The highest BCUT2D eigenvalue weighted by Gasteiger charge is 2.10. The highest BCUT2D eigenvalue weighted by molar-refractivity contribution is 5.95. The summed E-state index contributed by atoms with van der Waals surface area (Å²) >= 11 is 0. The third kappa shape index (κ3) is 4.76. The van der Waals surface area contributed by atoms with Gasteiger partial charge in [0.1, 0.15) is 12.4 Å². The summed E-state index contributed by atoms with van der Waals surface area (Å²) in [5.74, 6) is 0.664. The van der Waals surface area contributed by atoms with Gasteiger partial charge in [-0.2, -0.15) is 5.10 Å². The molecule has 7 heteroatoms. The number of nitrogens with zero attached hydrogens (tertiary/aromatic N) is 1. The van der Waals surface area contributed by atoms with Gasteiger partial charge in [0.25, 0.3) is 5.91 Å². The van der Waals surface area contributed by atoms with Crippen LogP contribution in [0, 0.1) is 0 Å². The summed E-state index contributed by atoms with van der Waals surface area (Å²) in [4.78, 5) is 12.1. The third-order valence-corrected chi connectivity index (χ3v) is 3.37. The van der Waals surface area contributed by atoms with Crippen LogP contribution in [0.15, 0.2) is 54.2 Å². The Morgan fingerprint density at radius 1 is 1.19 bits per heavy atom. The standard InChI is InChI=1S/C19H20N2O5/c1-4-9-26-15-7-5-14(6-8-15)19(23)21-20-12-13-10-16(24-2)18(22)17(11-13)25-3/h4-8,10-12,22H,1,9H2,2-3H3,(H,21,23)/b20-12+. The molecule has 0 saturated carbocycles. The minimum atomic E-state index is -0.366. The first-order valence-electron chi connectivity index (χ1n) is 7.71. The molecule has 2 aromatic rings. The van der Waals surface area contributed by atoms with Gasteiger partial charge >= 0.3 is 0 Å². The topological polar surface area (TPSA) is 89.4 Å². The minimum absolute atomic E-state index is 0.102. The zero-order valence-corrected chi connectivity index (χ0v) is 14.6. The Hall–Kier alpha value is -3.48. The van der Waals surface area contributed by atoms with E-state index in [9.17, 15) is 9.90 Å². The molecule has 0 aliphatic rings. The first-order chi connectivity index (χ1) is 12.6. The number of benzene rings is 2. The van der Waals surface area contributed by atoms with E-state index in [1.807, 2.05) is 0 Å². The van der Waals surface area contributed by atoms with Crippen molar-refractivity contribution in [3.05, 3.63) is 60.2 Å². The van der Waals surface area contributed by atoms with Crippen LogP contribution in [0.2, 0.25) is 0 Å². The first-order valence-corrected chi connectivity index (χ1v) is 7.71. The minimum Gasteiger partial charge on any atom is -0.502 e. The average molecular weight is 356 g/mol. The summed E-state index contributed by atoms with van der Waals surface area (Å²) in [6.07, 6.45) is 3.06. The second-order valence-corrected chi connectivity index (χ2v) is 5.10. The molecule has 2 rings (SSSR count). The van der Waals surface area contributed by atoms with E-state index in [4.69, 9.17) is 14.2 Å². The van der Waals surface area contributed by atoms with Crippen molar-refractivity contribution in [2.75, 3.05) is 20.8 Å². The number of nitrogens with one attached hydrogen (secondary N) is 1. The summed E-state index contributed by atoms with van der Waals surface area (Å²) in [7, 11) is 2.86. The molecule has 0 aliphatic heterocycles. The normalized spacial score (nSPS) is 10.4. The summed E-state index contributed by atoms with van der Waals surface area (Å²) in [5, 5.41) is 13.8. The molecule has 2 N–H and O–H groups in total. The molecule has 0 unspecified atom stereocenters. The van der Waals surface area contributed by atoms with Gasteiger partial charge < -0.3 is 19.3 Å². The van der Waals surface area contributed by atoms with Crippen molar-refractivity contribution in [3.63, 3.8) is 0 Å². The van der Waals surface area contributed by atoms with Crippen molar-refractivity contribution in [2.45, 2.75) is 0 Å². The van der Waals surface area contributed by atoms with E-state index in [2.05, 4.69) is 17.1 Å². The van der Waals surface area contributed by atoms with Gasteiger partial charge in [-0.15, -0.1) is 0 Å². The summed E-state index contributed by atoms with van der Waals surface area (Å²) < 4.78 is 15.5. The second kappa shape index (κ2) is 9.12. The number of methoxy groups -OCH3 is 2. The molecule has 2 aromatic carbocycles. The fraction of sp³-hybridized carbons (Fsp3) is 0.158. The van der Waals surface area contributed by atoms with Crippen LogP contribution in [0.4, 0.5) is 0 Å². The average Bonchev–Trinajstić information content (AvgIpc) is 2.67. The Balaban J connectivity index is 2.03. The number of carbonyl (C=O) groups is 1. The molecule has 26 heavy (non-hydrogen) atoms. The van der Waals surface area contributed by atoms with Crippen LogP contribution in [-0.2, 0) is 0 Å². The summed E-state index contributed by atoms with van der Waals surface area (Å²) in [6.45, 7) is 3.97. The van der Waals surface area contributed by atoms with Crippen LogP contribution in [0.1, 0.15) is 15.9 Å². The van der Waals surface area contributed by atoms with Gasteiger partial charge in [0, 0.05) is 11.1 Å². The van der Waals surface area contributed by atoms with Crippen molar-refractivity contribution < 1.29 is 24.1 Å². The molecular weight excluding hydrogens is 336 g/mol. The van der Waals surface area contributed by atoms with E-state index in [1.165, 1.54) is 20.4 Å². The van der Waals surface area contributed by atoms with Crippen LogP contribution in [0.3, 0.4) is 0 Å². The molecule has 0 fully saturated rings. The Morgan fingerprint density at radius 2 is 1.81 bits per heavy atom. The Kier molecular flexibility index (Phi) is 6.61. The number of ether oxygens (including phenoxy) is 3. The molecule has 1 amide bonds. The lowest BCUT2D eigenvalue weighted by molar-refractivity contribution is 0.0955. The van der Waals surface area contributed by atoms with Gasteiger partial charge in [0.15, 0.2) is 11.5 Å². The SMILES string of the molecule is C=CCOc1ccc(C(=O)N/N=C/c2cc(OC)c(O)c(OC)c2)cc1. The Labute approximate surface area is 151 Å². The van der Waals surface area contributed by atoms with Crippen LogP contribution in [-0.4, -0.2) is 38.1 Å². The van der Waals surface area contributed by atoms with E-state index in [0.29, 0.717) is 23.5 Å². The highest BCUT2D eigenvalue weighted by Crippen LogP contribution is 2.36. The summed E-state index contributed by atoms with van der Waals surface area (Å²) in [6, 6.07) is 9.79. The number of phenols is 1. The van der Waals surface area contributed by atoms with Crippen LogP contribution < -0.4 is 19.6 Å². The molecule has 136 valence electrons. The number of hydrazone groups is 1. The largest absolute Gasteiger partial charge is 0.502 e. The lowest BCUT2D eigenvalue weighted by Gasteiger charge is -2.09. The first kappa shape index (κ1) is 18.9. The molecule has 7 nitrogen and oxygen atoms in total. The van der Waals surface area contributed by atoms with Gasteiger partial charge in [-0.25, -0.2) is 5.43 Å². The number of carbonyl (C=O) groups excluding carboxylic acids is 1. The van der Waals surface area contributed by atoms with Crippen molar-refractivity contribution >= 4 is 12.1 Å². The fourth-order valence-corrected chi connectivity index (χ4v) is 2.08. The molecule has 0 aromatic heterocycles. The maximum Gasteiger partial charge on any atom is 0.271 e. The van der Waals surface area contributed by atoms with E-state index in [1.54, 1.807) is 42.5 Å². The molecule has 0 heterocycles. The van der Waals surface area contributed by atoms with E-state index in [-0.39, 0.29) is 23.2 Å². The number of aromatic hydroxyl groups is 1. The summed E-state index contributed by atoms with van der Waals surface area (Å²) in [5.41, 5.74) is 3.46. The van der Waals surface area contributed by atoms with Crippen molar-refractivity contribution in [1.82, 2.24) is 5.43 Å².